The molecule has 36 heavy (non-hydrogen) atoms. The monoisotopic (exact) mass is 524 g/mol. The van der Waals surface area contributed by atoms with Crippen molar-refractivity contribution in [2.24, 2.45) is 17.6 Å². The molecule has 0 aromatic carbocycles. The number of allylic oxidation sites excluding steroid dienone is 2. The zero-order valence-corrected chi connectivity index (χ0v) is 23.4. The molecule has 2 unspecified atom stereocenters. The average molecular weight is 525 g/mol. The van der Waals surface area contributed by atoms with E-state index in [0.717, 1.165) is 12.0 Å². The van der Waals surface area contributed by atoms with Crippen LogP contribution < -0.4 is 17.0 Å². The van der Waals surface area contributed by atoms with Crippen LogP contribution in [0.2, 0.25) is 0 Å². The number of carbonyl (C=O) groups excluding carboxylic acids is 1. The Morgan fingerprint density at radius 1 is 1.36 bits per heavy atom. The summed E-state index contributed by atoms with van der Waals surface area (Å²) in [6.45, 7) is 13.3. The lowest BCUT2D eigenvalue weighted by Crippen LogP contribution is -2.13. The number of H-pyrrole nitrogens is 1. The molecule has 12 heteroatoms. The number of esters is 1. The number of methoxy groups -OCH3 is 1. The first-order chi connectivity index (χ1) is 16.9. The molecule has 0 radical (unpaired) electrons. The second-order valence-electron chi connectivity index (χ2n) is 8.32. The van der Waals surface area contributed by atoms with Crippen molar-refractivity contribution in [3.05, 3.63) is 46.7 Å². The molecule has 202 valence electrons. The summed E-state index contributed by atoms with van der Waals surface area (Å²) in [4.78, 5) is 33.7. The van der Waals surface area contributed by atoms with Crippen LogP contribution in [0.3, 0.4) is 0 Å². The first-order valence-electron chi connectivity index (χ1n) is 11.3. The maximum atomic E-state index is 11.7. The number of carbonyl (C=O) groups is 1. The van der Waals surface area contributed by atoms with Crippen molar-refractivity contribution in [2.75, 3.05) is 26.6 Å². The van der Waals surface area contributed by atoms with E-state index in [2.05, 4.69) is 35.5 Å². The Labute approximate surface area is 215 Å². The van der Waals surface area contributed by atoms with E-state index >= 15 is 0 Å². The fourth-order valence-corrected chi connectivity index (χ4v) is 2.37. The normalized spacial score (nSPS) is 15.0. The maximum absolute atomic E-state index is 11.7. The molecule has 2 aromatic rings. The van der Waals surface area contributed by atoms with Crippen LogP contribution in [0.15, 0.2) is 41.2 Å². The van der Waals surface area contributed by atoms with Gasteiger partial charge in [0.25, 0.3) is 5.56 Å². The zero-order chi connectivity index (χ0) is 27.8. The minimum Gasteiger partial charge on any atom is -0.497 e. The third kappa shape index (κ3) is 13.2. The fraction of sp³-hybridized carbons (Fsp3) is 0.500. The minimum absolute atomic E-state index is 0.0517. The van der Waals surface area contributed by atoms with Crippen molar-refractivity contribution in [1.82, 2.24) is 19.5 Å². The summed E-state index contributed by atoms with van der Waals surface area (Å²) in [6.07, 6.45) is 7.92. The predicted molar refractivity (Wildman–Crippen MR) is 148 cm³/mol. The highest BCUT2D eigenvalue weighted by atomic mass is 31.0. The van der Waals surface area contributed by atoms with Gasteiger partial charge in [-0.2, -0.15) is 4.98 Å². The second-order valence-corrected chi connectivity index (χ2v) is 8.79. The number of anilines is 1. The number of nitrogens with two attached hydrogens (primary N) is 2. The van der Waals surface area contributed by atoms with Crippen LogP contribution in [0.4, 0.5) is 5.95 Å². The van der Waals surface area contributed by atoms with Gasteiger partial charge in [-0.15, -0.1) is 0 Å². The molecule has 5 N–H and O–H groups in total. The van der Waals surface area contributed by atoms with Gasteiger partial charge in [-0.25, -0.2) is 4.98 Å². The van der Waals surface area contributed by atoms with Crippen LogP contribution in [0.1, 0.15) is 41.0 Å². The molecule has 1 aliphatic rings. The lowest BCUT2D eigenvalue weighted by molar-refractivity contribution is -0.147. The molecule has 2 heterocycles. The molecule has 1 aliphatic carbocycles. The lowest BCUT2D eigenvalue weighted by Gasteiger charge is -2.05. The number of hydrogen-bond donors (Lipinski definition) is 3. The Kier molecular flexibility index (Phi) is 16.0. The SMILES string of the molecule is C=C(/C=C\C)OC.CC(C)C(=O)OCC1C/C1=C/n1cnc2c(=O)[nH]c(N)nc21.CC(C)N.COP. The summed E-state index contributed by atoms with van der Waals surface area (Å²) >= 11 is 0. The van der Waals surface area contributed by atoms with E-state index in [1.807, 2.05) is 33.0 Å². The predicted octanol–water partition coefficient (Wildman–Crippen LogP) is 3.26. The molecule has 0 spiro atoms. The number of hydrogen-bond acceptors (Lipinski definition) is 9. The van der Waals surface area contributed by atoms with E-state index < -0.39 is 0 Å². The largest absolute Gasteiger partial charge is 0.497 e. The van der Waals surface area contributed by atoms with E-state index in [-0.39, 0.29) is 34.8 Å². The molecule has 0 saturated heterocycles. The smallest absolute Gasteiger partial charge is 0.308 e. The van der Waals surface area contributed by atoms with Gasteiger partial charge in [0.2, 0.25) is 5.95 Å². The summed E-state index contributed by atoms with van der Waals surface area (Å²) in [5.41, 5.74) is 12.1. The van der Waals surface area contributed by atoms with E-state index in [1.165, 1.54) is 6.33 Å². The highest BCUT2D eigenvalue weighted by molar-refractivity contribution is 7.09. The van der Waals surface area contributed by atoms with Crippen molar-refractivity contribution >= 4 is 38.7 Å². The number of aromatic nitrogens is 4. The molecule has 1 fully saturated rings. The van der Waals surface area contributed by atoms with Gasteiger partial charge in [-0.1, -0.05) is 40.3 Å². The van der Waals surface area contributed by atoms with Crippen LogP contribution in [0.25, 0.3) is 17.4 Å². The number of nitrogens with zero attached hydrogens (tertiary/aromatic N) is 3. The summed E-state index contributed by atoms with van der Waals surface area (Å²) in [7, 11) is 5.27. The Bertz CT molecular complexity index is 1070. The number of aromatic amines is 1. The Balaban J connectivity index is 0.000000726. The molecular weight excluding hydrogens is 483 g/mol. The molecule has 3 rings (SSSR count). The Morgan fingerprint density at radius 3 is 2.42 bits per heavy atom. The summed E-state index contributed by atoms with van der Waals surface area (Å²) in [5.74, 6) is 0.654. The molecule has 0 aliphatic heterocycles. The number of rotatable bonds is 6. The van der Waals surface area contributed by atoms with Gasteiger partial charge in [0.15, 0.2) is 11.2 Å². The number of imidazole rings is 1. The van der Waals surface area contributed by atoms with E-state index in [0.29, 0.717) is 24.1 Å². The van der Waals surface area contributed by atoms with Crippen molar-refractivity contribution in [2.45, 2.75) is 47.1 Å². The average Bonchev–Trinajstić information content (AvgIpc) is 3.41. The topological polar surface area (TPSA) is 160 Å². The van der Waals surface area contributed by atoms with Crippen LogP contribution >= 0.6 is 9.47 Å². The standard InChI is InChI=1S/C14H17N5O3.C6H10O.C3H9N.CH5OP/c1-7(2)13(21)22-5-9-3-8(9)4-19-6-16-10-11(19)17-14(15)18-12(10)20;1-4-5-6(2)7-3;1-3(2)4;1-2-3/h4,6-7,9H,3,5H2,1-2H3,(H3,15,17,18,20);4-5H,2H2,1,3H3;3H,4H2,1-2H3;3H2,1H3/b8-4-;5-4-;;. The van der Waals surface area contributed by atoms with Crippen molar-refractivity contribution in [3.8, 4) is 0 Å². The third-order valence-corrected chi connectivity index (χ3v) is 4.11. The van der Waals surface area contributed by atoms with Crippen LogP contribution in [0.5, 0.6) is 0 Å². The molecular formula is C24H41N6O5P. The van der Waals surface area contributed by atoms with Crippen molar-refractivity contribution < 1.29 is 18.8 Å². The van der Waals surface area contributed by atoms with Crippen molar-refractivity contribution in [3.63, 3.8) is 0 Å². The van der Waals surface area contributed by atoms with Crippen LogP contribution in [-0.2, 0) is 18.8 Å². The van der Waals surface area contributed by atoms with Gasteiger partial charge >= 0.3 is 5.97 Å². The van der Waals surface area contributed by atoms with E-state index in [1.54, 1.807) is 38.7 Å². The maximum Gasteiger partial charge on any atom is 0.308 e. The Hall–Kier alpha value is -3.01. The third-order valence-electron chi connectivity index (χ3n) is 4.11. The molecule has 2 aromatic heterocycles. The first kappa shape index (κ1) is 33.0. The van der Waals surface area contributed by atoms with Gasteiger partial charge in [-0.05, 0) is 40.5 Å². The van der Waals surface area contributed by atoms with Gasteiger partial charge < -0.3 is 25.5 Å². The highest BCUT2D eigenvalue weighted by Gasteiger charge is 2.31. The van der Waals surface area contributed by atoms with Crippen LogP contribution in [0, 0.1) is 11.8 Å². The number of fused-ring (bicyclic) bond motifs is 1. The van der Waals surface area contributed by atoms with Crippen LogP contribution in [-0.4, -0.2) is 52.4 Å². The molecule has 0 bridgehead atoms. The molecule has 1 saturated carbocycles. The second kappa shape index (κ2) is 17.4. The van der Waals surface area contributed by atoms with Gasteiger partial charge in [0, 0.05) is 19.2 Å². The van der Waals surface area contributed by atoms with E-state index in [9.17, 15) is 9.59 Å². The summed E-state index contributed by atoms with van der Waals surface area (Å²) < 4.78 is 15.8. The first-order valence-corrected chi connectivity index (χ1v) is 11.8. The zero-order valence-electron chi connectivity index (χ0n) is 22.3. The highest BCUT2D eigenvalue weighted by Crippen LogP contribution is 2.38. The van der Waals surface area contributed by atoms with Gasteiger partial charge in [0.1, 0.15) is 12.1 Å². The quantitative estimate of drug-likeness (QED) is 0.223. The molecule has 2 atom stereocenters. The lowest BCUT2D eigenvalue weighted by atomic mass is 10.2. The minimum atomic E-state index is -0.363. The summed E-state index contributed by atoms with van der Waals surface area (Å²) in [5, 5.41) is 0. The number of ether oxygens (including phenoxy) is 2. The fourth-order valence-electron chi connectivity index (χ4n) is 2.37. The van der Waals surface area contributed by atoms with Gasteiger partial charge in [0.05, 0.1) is 19.6 Å². The summed E-state index contributed by atoms with van der Waals surface area (Å²) in [6, 6.07) is 0.333. The Morgan fingerprint density at radius 2 is 1.94 bits per heavy atom. The van der Waals surface area contributed by atoms with E-state index in [4.69, 9.17) is 20.9 Å². The number of nitrogens with one attached hydrogen (secondary N) is 1. The van der Waals surface area contributed by atoms with Gasteiger partial charge in [-0.3, -0.25) is 19.1 Å². The number of nitrogen functional groups attached to an aromatic ring is 1. The van der Waals surface area contributed by atoms with Crippen molar-refractivity contribution in [1.29, 1.82) is 0 Å². The molecule has 0 amide bonds. The molecule has 11 nitrogen and oxygen atoms in total.